The summed E-state index contributed by atoms with van der Waals surface area (Å²) in [5.74, 6) is 0.983. The van der Waals surface area contributed by atoms with E-state index in [0.717, 1.165) is 67.1 Å². The van der Waals surface area contributed by atoms with Gasteiger partial charge in [0.1, 0.15) is 5.69 Å². The molecule has 2 aliphatic rings. The van der Waals surface area contributed by atoms with E-state index in [9.17, 15) is 9.59 Å². The first-order valence-corrected chi connectivity index (χ1v) is 12.3. The lowest BCUT2D eigenvalue weighted by molar-refractivity contribution is -0.125. The third-order valence-corrected chi connectivity index (χ3v) is 7.35. The number of amides is 2. The Bertz CT molecular complexity index is 1190. The highest BCUT2D eigenvalue weighted by Crippen LogP contribution is 2.29. The van der Waals surface area contributed by atoms with Crippen molar-refractivity contribution in [1.29, 1.82) is 0 Å². The van der Waals surface area contributed by atoms with E-state index in [1.54, 1.807) is 12.4 Å². The van der Waals surface area contributed by atoms with Crippen molar-refractivity contribution < 1.29 is 9.59 Å². The van der Waals surface area contributed by atoms with Gasteiger partial charge in [-0.1, -0.05) is 36.0 Å². The van der Waals surface area contributed by atoms with E-state index >= 15 is 0 Å². The summed E-state index contributed by atoms with van der Waals surface area (Å²) >= 11 is 1.06. The number of thioether (sulfide) groups is 1. The van der Waals surface area contributed by atoms with E-state index in [4.69, 9.17) is 0 Å². The Hall–Kier alpha value is -3.24. The summed E-state index contributed by atoms with van der Waals surface area (Å²) in [5, 5.41) is 4.18. The molecule has 0 unspecified atom stereocenters. The SMILES string of the molecule is Cc1c(CN2CCN(c3nccnc3-c3ccc(CN4C(=O)CSC4=O)cc3)CC2)cnn1C. The molecule has 34 heavy (non-hydrogen) atoms. The smallest absolute Gasteiger partial charge is 0.289 e. The van der Waals surface area contributed by atoms with Gasteiger partial charge in [-0.25, -0.2) is 4.98 Å². The molecule has 0 atom stereocenters. The number of hydrogen-bond acceptors (Lipinski definition) is 8. The summed E-state index contributed by atoms with van der Waals surface area (Å²) in [6.45, 7) is 6.95. The van der Waals surface area contributed by atoms with E-state index in [1.807, 2.05) is 42.2 Å². The number of piperazine rings is 1. The number of imide groups is 1. The number of carbonyl (C=O) groups is 2. The van der Waals surface area contributed by atoms with Crippen LogP contribution in [0.4, 0.5) is 10.6 Å². The number of anilines is 1. The van der Waals surface area contributed by atoms with Gasteiger partial charge in [0.2, 0.25) is 5.91 Å². The minimum Gasteiger partial charge on any atom is -0.352 e. The van der Waals surface area contributed by atoms with Crippen LogP contribution in [-0.4, -0.2) is 72.6 Å². The molecule has 2 saturated heterocycles. The highest BCUT2D eigenvalue weighted by molar-refractivity contribution is 8.14. The minimum atomic E-state index is -0.178. The zero-order chi connectivity index (χ0) is 23.7. The van der Waals surface area contributed by atoms with Crippen molar-refractivity contribution in [2.45, 2.75) is 20.0 Å². The first-order valence-electron chi connectivity index (χ1n) is 11.3. The van der Waals surface area contributed by atoms with Gasteiger partial charge in [0.25, 0.3) is 5.24 Å². The summed E-state index contributed by atoms with van der Waals surface area (Å²) in [7, 11) is 1.98. The van der Waals surface area contributed by atoms with Crippen LogP contribution in [-0.2, 0) is 24.9 Å². The predicted molar refractivity (Wildman–Crippen MR) is 131 cm³/mol. The fraction of sp³-hybridized carbons (Fsp3) is 0.375. The summed E-state index contributed by atoms with van der Waals surface area (Å²) in [6, 6.07) is 7.88. The number of benzene rings is 1. The lowest BCUT2D eigenvalue weighted by Crippen LogP contribution is -2.46. The van der Waals surface area contributed by atoms with Gasteiger partial charge in [-0.3, -0.25) is 29.1 Å². The van der Waals surface area contributed by atoms with Crippen molar-refractivity contribution >= 4 is 28.7 Å². The predicted octanol–water partition coefficient (Wildman–Crippen LogP) is 2.70. The van der Waals surface area contributed by atoms with Crippen molar-refractivity contribution in [3.63, 3.8) is 0 Å². The quantitative estimate of drug-likeness (QED) is 0.536. The van der Waals surface area contributed by atoms with Crippen LogP contribution in [0.15, 0.2) is 42.9 Å². The first kappa shape index (κ1) is 22.5. The van der Waals surface area contributed by atoms with Crippen LogP contribution < -0.4 is 4.90 Å². The van der Waals surface area contributed by atoms with Crippen molar-refractivity contribution in [3.05, 3.63) is 59.7 Å². The molecule has 5 rings (SSSR count). The molecule has 10 heteroatoms. The van der Waals surface area contributed by atoms with Crippen LogP contribution in [0.3, 0.4) is 0 Å². The molecule has 0 N–H and O–H groups in total. The van der Waals surface area contributed by atoms with Crippen LogP contribution in [0.2, 0.25) is 0 Å². The Labute approximate surface area is 202 Å². The molecule has 3 aromatic rings. The molecular weight excluding hydrogens is 450 g/mol. The highest BCUT2D eigenvalue weighted by Gasteiger charge is 2.29. The van der Waals surface area contributed by atoms with Crippen molar-refractivity contribution in [2.24, 2.45) is 7.05 Å². The lowest BCUT2D eigenvalue weighted by atomic mass is 10.1. The Morgan fingerprint density at radius 3 is 2.35 bits per heavy atom. The Morgan fingerprint density at radius 2 is 1.71 bits per heavy atom. The number of hydrogen-bond donors (Lipinski definition) is 0. The van der Waals surface area contributed by atoms with Gasteiger partial charge in [0, 0.05) is 69.0 Å². The molecule has 0 spiro atoms. The van der Waals surface area contributed by atoms with Gasteiger partial charge in [0.05, 0.1) is 18.5 Å². The topological polar surface area (TPSA) is 87.5 Å². The second-order valence-corrected chi connectivity index (χ2v) is 9.53. The van der Waals surface area contributed by atoms with Crippen molar-refractivity contribution in [2.75, 3.05) is 36.8 Å². The van der Waals surface area contributed by atoms with Crippen LogP contribution in [0, 0.1) is 6.92 Å². The number of carbonyl (C=O) groups excluding carboxylic acids is 2. The van der Waals surface area contributed by atoms with E-state index in [1.165, 1.54) is 16.2 Å². The van der Waals surface area contributed by atoms with Crippen LogP contribution in [0.1, 0.15) is 16.8 Å². The Balaban J connectivity index is 1.26. The molecule has 2 amide bonds. The molecule has 2 aromatic heterocycles. The third-order valence-electron chi connectivity index (χ3n) is 6.49. The monoisotopic (exact) mass is 477 g/mol. The molecule has 9 nitrogen and oxygen atoms in total. The van der Waals surface area contributed by atoms with Gasteiger partial charge < -0.3 is 4.90 Å². The Morgan fingerprint density at radius 1 is 0.971 bits per heavy atom. The van der Waals surface area contributed by atoms with E-state index < -0.39 is 0 Å². The summed E-state index contributed by atoms with van der Waals surface area (Å²) in [6.07, 6.45) is 5.41. The van der Waals surface area contributed by atoms with Gasteiger partial charge in [0.15, 0.2) is 5.82 Å². The largest absolute Gasteiger partial charge is 0.352 e. The van der Waals surface area contributed by atoms with E-state index in [-0.39, 0.29) is 16.9 Å². The zero-order valence-electron chi connectivity index (χ0n) is 19.3. The van der Waals surface area contributed by atoms with E-state index in [2.05, 4.69) is 31.8 Å². The molecule has 0 aliphatic carbocycles. The molecule has 0 saturated carbocycles. The number of rotatable bonds is 6. The molecule has 176 valence electrons. The van der Waals surface area contributed by atoms with Gasteiger partial charge in [-0.05, 0) is 12.5 Å². The second kappa shape index (κ2) is 9.55. The number of aryl methyl sites for hydroxylation is 1. The molecule has 1 aromatic carbocycles. The highest BCUT2D eigenvalue weighted by atomic mass is 32.2. The second-order valence-electron chi connectivity index (χ2n) is 8.60. The number of nitrogens with zero attached hydrogens (tertiary/aromatic N) is 7. The fourth-order valence-electron chi connectivity index (χ4n) is 4.31. The number of aromatic nitrogens is 4. The van der Waals surface area contributed by atoms with Crippen molar-refractivity contribution in [3.8, 4) is 11.3 Å². The maximum Gasteiger partial charge on any atom is 0.289 e. The molecular formula is C24H27N7O2S. The van der Waals surface area contributed by atoms with Crippen LogP contribution >= 0.6 is 11.8 Å². The van der Waals surface area contributed by atoms with Crippen molar-refractivity contribution in [1.82, 2.24) is 29.5 Å². The maximum absolute atomic E-state index is 11.9. The molecule has 0 bridgehead atoms. The van der Waals surface area contributed by atoms with E-state index in [0.29, 0.717) is 6.54 Å². The van der Waals surface area contributed by atoms with Crippen LogP contribution in [0.5, 0.6) is 0 Å². The minimum absolute atomic E-state index is 0.131. The molecule has 2 fully saturated rings. The Kier molecular flexibility index (Phi) is 6.34. The first-order chi connectivity index (χ1) is 16.5. The zero-order valence-corrected chi connectivity index (χ0v) is 20.2. The van der Waals surface area contributed by atoms with Gasteiger partial charge in [-0.15, -0.1) is 0 Å². The van der Waals surface area contributed by atoms with Gasteiger partial charge in [-0.2, -0.15) is 5.10 Å². The average Bonchev–Trinajstić information content (AvgIpc) is 3.35. The third kappa shape index (κ3) is 4.55. The lowest BCUT2D eigenvalue weighted by Gasteiger charge is -2.35. The average molecular weight is 478 g/mol. The molecule has 0 radical (unpaired) electrons. The normalized spacial score (nSPS) is 17.1. The van der Waals surface area contributed by atoms with Gasteiger partial charge >= 0.3 is 0 Å². The molecule has 2 aliphatic heterocycles. The fourth-order valence-corrected chi connectivity index (χ4v) is 5.03. The van der Waals surface area contributed by atoms with Crippen LogP contribution in [0.25, 0.3) is 11.3 Å². The molecule has 4 heterocycles. The summed E-state index contributed by atoms with van der Waals surface area (Å²) in [5.41, 5.74) is 5.20. The summed E-state index contributed by atoms with van der Waals surface area (Å²) in [4.78, 5) is 39.1. The maximum atomic E-state index is 11.9. The summed E-state index contributed by atoms with van der Waals surface area (Å²) < 4.78 is 1.92. The standard InChI is InChI=1S/C24H27N7O2S/c1-17-20(13-27-28(17)2)15-29-9-11-30(12-10-29)23-22(25-7-8-26-23)19-5-3-18(4-6-19)14-31-21(32)16-34-24(31)33/h3-8,13H,9-12,14-16H2,1-2H3.